The van der Waals surface area contributed by atoms with E-state index in [1.54, 1.807) is 7.05 Å². The summed E-state index contributed by atoms with van der Waals surface area (Å²) in [7, 11) is 3.83. The molecule has 1 aromatic heterocycles. The van der Waals surface area contributed by atoms with Gasteiger partial charge in [-0.25, -0.2) is 9.37 Å². The van der Waals surface area contributed by atoms with Crippen molar-refractivity contribution in [2.24, 2.45) is 10.7 Å². The van der Waals surface area contributed by atoms with E-state index in [4.69, 9.17) is 11.5 Å². The molecule has 1 aromatic carbocycles. The summed E-state index contributed by atoms with van der Waals surface area (Å²) in [6.07, 6.45) is 2.89. The van der Waals surface area contributed by atoms with Crippen LogP contribution in [0.25, 0.3) is 0 Å². The number of carbonyl (C=O) groups excluding carboxylic acids is 1. The van der Waals surface area contributed by atoms with Crippen molar-refractivity contribution in [1.82, 2.24) is 9.88 Å². The highest BCUT2D eigenvalue weighted by Gasteiger charge is 2.15. The van der Waals surface area contributed by atoms with Crippen LogP contribution in [0, 0.1) is 12.7 Å². The zero-order valence-electron chi connectivity index (χ0n) is 17.4. The third-order valence-electron chi connectivity index (χ3n) is 4.77. The second-order valence-corrected chi connectivity index (χ2v) is 6.97. The van der Waals surface area contributed by atoms with Crippen LogP contribution < -0.4 is 16.8 Å². The molecule has 0 saturated heterocycles. The van der Waals surface area contributed by atoms with E-state index < -0.39 is 11.7 Å². The third kappa shape index (κ3) is 5.66. The first-order chi connectivity index (χ1) is 13.8. The van der Waals surface area contributed by atoms with Crippen LogP contribution in [0.3, 0.4) is 0 Å². The first-order valence-electron chi connectivity index (χ1n) is 9.56. The van der Waals surface area contributed by atoms with Gasteiger partial charge in [0, 0.05) is 32.7 Å². The van der Waals surface area contributed by atoms with Crippen LogP contribution in [0.2, 0.25) is 0 Å². The average molecular weight is 401 g/mol. The highest BCUT2D eigenvalue weighted by Crippen LogP contribution is 2.24. The number of aryl methyl sites for hydroxylation is 1. The molecule has 0 fully saturated rings. The number of nitrogens with two attached hydrogens (primary N) is 2. The van der Waals surface area contributed by atoms with Gasteiger partial charge in [0.25, 0.3) is 5.91 Å². The maximum absolute atomic E-state index is 13.7. The minimum atomic E-state index is -0.788. The van der Waals surface area contributed by atoms with Crippen molar-refractivity contribution in [1.29, 1.82) is 0 Å². The molecule has 0 aliphatic carbocycles. The Kier molecular flexibility index (Phi) is 7.52. The Bertz CT molecular complexity index is 912. The lowest BCUT2D eigenvalue weighted by atomic mass is 10.0. The molecular formula is C21H29FN6O. The SMILES string of the molecule is CCCCN(C)C(Cc1cc(Nc2nc(N)c(F)cc2C(N)=O)ccc1C)=NC. The summed E-state index contributed by atoms with van der Waals surface area (Å²) in [5, 5.41) is 3.03. The molecule has 156 valence electrons. The van der Waals surface area contributed by atoms with E-state index in [0.717, 1.165) is 42.4 Å². The van der Waals surface area contributed by atoms with Gasteiger partial charge in [0.1, 0.15) is 11.7 Å². The number of amides is 1. The van der Waals surface area contributed by atoms with Crippen molar-refractivity contribution in [2.45, 2.75) is 33.1 Å². The van der Waals surface area contributed by atoms with E-state index in [9.17, 15) is 9.18 Å². The summed E-state index contributed by atoms with van der Waals surface area (Å²) in [5.74, 6) is -0.767. The predicted molar refractivity (Wildman–Crippen MR) is 116 cm³/mol. The van der Waals surface area contributed by atoms with Crippen molar-refractivity contribution >= 4 is 29.1 Å². The number of pyridine rings is 1. The number of rotatable bonds is 8. The minimum absolute atomic E-state index is 0.0612. The average Bonchev–Trinajstić information content (AvgIpc) is 2.68. The largest absolute Gasteiger partial charge is 0.381 e. The lowest BCUT2D eigenvalue weighted by molar-refractivity contribution is 0.100. The van der Waals surface area contributed by atoms with Gasteiger partial charge >= 0.3 is 0 Å². The van der Waals surface area contributed by atoms with E-state index in [1.807, 2.05) is 32.2 Å². The van der Waals surface area contributed by atoms with Gasteiger partial charge in [-0.05, 0) is 42.7 Å². The van der Waals surface area contributed by atoms with E-state index in [1.165, 1.54) is 0 Å². The minimum Gasteiger partial charge on any atom is -0.381 e. The van der Waals surface area contributed by atoms with Gasteiger partial charge < -0.3 is 21.7 Å². The lowest BCUT2D eigenvalue weighted by Crippen LogP contribution is -2.29. The molecule has 0 saturated carbocycles. The Morgan fingerprint density at radius 1 is 1.34 bits per heavy atom. The van der Waals surface area contributed by atoms with Crippen molar-refractivity contribution in [3.63, 3.8) is 0 Å². The number of hydrogen-bond acceptors (Lipinski definition) is 5. The van der Waals surface area contributed by atoms with Crippen molar-refractivity contribution in [2.75, 3.05) is 31.7 Å². The summed E-state index contributed by atoms with van der Waals surface area (Å²) >= 11 is 0. The fourth-order valence-electron chi connectivity index (χ4n) is 2.94. The number of likely N-dealkylation sites (N-methyl/N-ethyl adjacent to an activating group) is 1. The molecule has 1 heterocycles. The number of benzene rings is 1. The topological polar surface area (TPSA) is 110 Å². The second kappa shape index (κ2) is 9.86. The van der Waals surface area contributed by atoms with E-state index in [0.29, 0.717) is 12.1 Å². The smallest absolute Gasteiger partial charge is 0.252 e. The van der Waals surface area contributed by atoms with Crippen molar-refractivity contribution < 1.29 is 9.18 Å². The highest BCUT2D eigenvalue weighted by atomic mass is 19.1. The number of nitrogens with one attached hydrogen (secondary N) is 1. The Morgan fingerprint density at radius 2 is 2.07 bits per heavy atom. The van der Waals surface area contributed by atoms with E-state index in [-0.39, 0.29) is 17.2 Å². The maximum Gasteiger partial charge on any atom is 0.252 e. The number of aromatic nitrogens is 1. The number of nitrogen functional groups attached to an aromatic ring is 1. The maximum atomic E-state index is 13.7. The molecule has 0 radical (unpaired) electrons. The Morgan fingerprint density at radius 3 is 2.69 bits per heavy atom. The van der Waals surface area contributed by atoms with Crippen LogP contribution in [-0.4, -0.2) is 42.3 Å². The van der Waals surface area contributed by atoms with Crippen molar-refractivity contribution in [3.8, 4) is 0 Å². The number of primary amides is 1. The molecule has 29 heavy (non-hydrogen) atoms. The Balaban J connectivity index is 2.30. The zero-order valence-corrected chi connectivity index (χ0v) is 17.4. The molecule has 0 unspecified atom stereocenters. The number of hydrogen-bond donors (Lipinski definition) is 3. The third-order valence-corrected chi connectivity index (χ3v) is 4.77. The first kappa shape index (κ1) is 22.1. The monoisotopic (exact) mass is 400 g/mol. The van der Waals surface area contributed by atoms with Crippen molar-refractivity contribution in [3.05, 3.63) is 46.8 Å². The number of anilines is 3. The molecule has 0 atom stereocenters. The van der Waals surface area contributed by atoms with Gasteiger partial charge in [0.05, 0.1) is 5.56 Å². The molecule has 1 amide bonds. The predicted octanol–water partition coefficient (Wildman–Crippen LogP) is 3.26. The molecule has 0 aliphatic rings. The molecule has 7 nitrogen and oxygen atoms in total. The number of nitrogens with zero attached hydrogens (tertiary/aromatic N) is 3. The van der Waals surface area contributed by atoms with Gasteiger partial charge in [-0.2, -0.15) is 0 Å². The van der Waals surface area contributed by atoms with Gasteiger partial charge in [-0.3, -0.25) is 9.79 Å². The van der Waals surface area contributed by atoms with Crippen LogP contribution in [0.5, 0.6) is 0 Å². The molecule has 2 aromatic rings. The summed E-state index contributed by atoms with van der Waals surface area (Å²) in [6.45, 7) is 5.13. The standard InChI is InChI=1S/C21H29FN6O/c1-5-6-9-28(4)18(25-3)11-14-10-15(8-7-13(14)2)26-21-16(20(24)29)12-17(22)19(23)27-21/h7-8,10,12H,5-6,9,11H2,1-4H3,(H2,24,29)(H3,23,26,27). The van der Waals surface area contributed by atoms with E-state index in [2.05, 4.69) is 27.1 Å². The summed E-state index contributed by atoms with van der Waals surface area (Å²) in [5.41, 5.74) is 13.7. The number of aliphatic imine (C=N–C) groups is 1. The molecule has 5 N–H and O–H groups in total. The summed E-state index contributed by atoms with van der Waals surface area (Å²) in [6, 6.07) is 6.77. The summed E-state index contributed by atoms with van der Waals surface area (Å²) in [4.78, 5) is 22.2. The molecule has 0 bridgehead atoms. The molecule has 0 aliphatic heterocycles. The molecule has 0 spiro atoms. The fourth-order valence-corrected chi connectivity index (χ4v) is 2.94. The van der Waals surface area contributed by atoms with Crippen LogP contribution in [0.4, 0.5) is 21.7 Å². The van der Waals surface area contributed by atoms with Gasteiger partial charge in [-0.15, -0.1) is 0 Å². The number of halogens is 1. The fraction of sp³-hybridized carbons (Fsp3) is 0.381. The molecule has 8 heteroatoms. The van der Waals surface area contributed by atoms with Crippen LogP contribution in [-0.2, 0) is 6.42 Å². The zero-order chi connectivity index (χ0) is 21.6. The summed E-state index contributed by atoms with van der Waals surface area (Å²) < 4.78 is 13.7. The number of amidine groups is 1. The second-order valence-electron chi connectivity index (χ2n) is 6.97. The van der Waals surface area contributed by atoms with Gasteiger partial charge in [-0.1, -0.05) is 19.4 Å². The van der Waals surface area contributed by atoms with E-state index >= 15 is 0 Å². The normalized spacial score (nSPS) is 11.4. The van der Waals surface area contributed by atoms with Crippen LogP contribution >= 0.6 is 0 Å². The highest BCUT2D eigenvalue weighted by molar-refractivity contribution is 5.98. The van der Waals surface area contributed by atoms with Crippen LogP contribution in [0.1, 0.15) is 41.3 Å². The van der Waals surface area contributed by atoms with Gasteiger partial charge in [0.2, 0.25) is 0 Å². The molecular weight excluding hydrogens is 371 g/mol. The first-order valence-corrected chi connectivity index (χ1v) is 9.56. The molecule has 2 rings (SSSR count). The number of unbranched alkanes of at least 4 members (excludes halogenated alkanes) is 1. The lowest BCUT2D eigenvalue weighted by Gasteiger charge is -2.22. The quantitative estimate of drug-likeness (QED) is 0.465. The number of carbonyl (C=O) groups is 1. The Hall–Kier alpha value is -3.16. The Labute approximate surface area is 171 Å². The van der Waals surface area contributed by atoms with Crippen LogP contribution in [0.15, 0.2) is 29.3 Å². The van der Waals surface area contributed by atoms with Gasteiger partial charge in [0.15, 0.2) is 11.6 Å².